The van der Waals surface area contributed by atoms with Gasteiger partial charge in [0.25, 0.3) is 0 Å². The summed E-state index contributed by atoms with van der Waals surface area (Å²) in [6.45, 7) is 1.60. The SMILES string of the molecule is COC(=O)CCCCCCCCCCc1ccc(C(C)=O)cc1. The summed E-state index contributed by atoms with van der Waals surface area (Å²) in [6, 6.07) is 7.98. The van der Waals surface area contributed by atoms with Crippen molar-refractivity contribution in [2.45, 2.75) is 71.1 Å². The molecule has 0 radical (unpaired) electrons. The van der Waals surface area contributed by atoms with E-state index in [4.69, 9.17) is 0 Å². The fourth-order valence-corrected chi connectivity index (χ4v) is 2.67. The molecule has 1 aromatic rings. The summed E-state index contributed by atoms with van der Waals surface area (Å²) < 4.78 is 4.62. The smallest absolute Gasteiger partial charge is 0.305 e. The van der Waals surface area contributed by atoms with Gasteiger partial charge in [-0.3, -0.25) is 9.59 Å². The lowest BCUT2D eigenvalue weighted by atomic mass is 10.0. The molecular weight excluding hydrogens is 288 g/mol. The molecule has 0 N–H and O–H groups in total. The molecule has 1 aromatic carbocycles. The van der Waals surface area contributed by atoms with Gasteiger partial charge in [0.1, 0.15) is 0 Å². The van der Waals surface area contributed by atoms with Crippen molar-refractivity contribution in [3.05, 3.63) is 35.4 Å². The van der Waals surface area contributed by atoms with Crippen molar-refractivity contribution in [3.8, 4) is 0 Å². The summed E-state index contributed by atoms with van der Waals surface area (Å²) in [6.07, 6.45) is 11.2. The quantitative estimate of drug-likeness (QED) is 0.305. The lowest BCUT2D eigenvalue weighted by molar-refractivity contribution is -0.140. The number of carbonyl (C=O) groups excluding carboxylic acids is 2. The normalized spacial score (nSPS) is 10.5. The maximum atomic E-state index is 11.2. The summed E-state index contributed by atoms with van der Waals surface area (Å²) in [7, 11) is 1.44. The van der Waals surface area contributed by atoms with Gasteiger partial charge in [0, 0.05) is 12.0 Å². The Bertz CT molecular complexity index is 462. The number of hydrogen-bond donors (Lipinski definition) is 0. The van der Waals surface area contributed by atoms with E-state index in [0.29, 0.717) is 6.42 Å². The number of aryl methyl sites for hydroxylation is 1. The number of carbonyl (C=O) groups is 2. The fraction of sp³-hybridized carbons (Fsp3) is 0.600. The van der Waals surface area contributed by atoms with Crippen LogP contribution < -0.4 is 0 Å². The zero-order valence-electron chi connectivity index (χ0n) is 14.6. The minimum atomic E-state index is -0.0960. The van der Waals surface area contributed by atoms with E-state index in [2.05, 4.69) is 16.9 Å². The van der Waals surface area contributed by atoms with Gasteiger partial charge in [-0.05, 0) is 31.7 Å². The second-order valence-electron chi connectivity index (χ2n) is 6.16. The first-order valence-electron chi connectivity index (χ1n) is 8.80. The van der Waals surface area contributed by atoms with Crippen LogP contribution in [0.4, 0.5) is 0 Å². The van der Waals surface area contributed by atoms with Crippen LogP contribution in [0.5, 0.6) is 0 Å². The number of ether oxygens (including phenoxy) is 1. The Kier molecular flexibility index (Phi) is 10.0. The van der Waals surface area contributed by atoms with Crippen LogP contribution in [0.1, 0.15) is 80.6 Å². The summed E-state index contributed by atoms with van der Waals surface area (Å²) in [4.78, 5) is 22.2. The Morgan fingerprint density at radius 2 is 1.35 bits per heavy atom. The summed E-state index contributed by atoms with van der Waals surface area (Å²) in [5.41, 5.74) is 2.11. The molecule has 0 aliphatic rings. The number of hydrogen-bond acceptors (Lipinski definition) is 3. The highest BCUT2D eigenvalue weighted by Gasteiger charge is 2.00. The summed E-state index contributed by atoms with van der Waals surface area (Å²) in [5, 5.41) is 0. The van der Waals surface area contributed by atoms with Gasteiger partial charge < -0.3 is 4.74 Å². The molecule has 0 saturated carbocycles. The van der Waals surface area contributed by atoms with E-state index in [1.807, 2.05) is 12.1 Å². The highest BCUT2D eigenvalue weighted by molar-refractivity contribution is 5.93. The molecule has 3 nitrogen and oxygen atoms in total. The minimum absolute atomic E-state index is 0.0960. The van der Waals surface area contributed by atoms with E-state index in [1.54, 1.807) is 6.92 Å². The second-order valence-corrected chi connectivity index (χ2v) is 6.16. The third-order valence-electron chi connectivity index (χ3n) is 4.18. The lowest BCUT2D eigenvalue weighted by Gasteiger charge is -2.04. The molecule has 0 spiro atoms. The van der Waals surface area contributed by atoms with Crippen LogP contribution in [0.3, 0.4) is 0 Å². The Morgan fingerprint density at radius 3 is 1.87 bits per heavy atom. The molecule has 0 aliphatic heterocycles. The van der Waals surface area contributed by atoms with Gasteiger partial charge in [-0.2, -0.15) is 0 Å². The first kappa shape index (κ1) is 19.4. The molecule has 0 atom stereocenters. The molecule has 1 rings (SSSR count). The maximum Gasteiger partial charge on any atom is 0.305 e. The van der Waals surface area contributed by atoms with Crippen molar-refractivity contribution in [1.82, 2.24) is 0 Å². The first-order chi connectivity index (χ1) is 11.1. The van der Waals surface area contributed by atoms with E-state index < -0.39 is 0 Å². The van der Waals surface area contributed by atoms with Gasteiger partial charge in [-0.25, -0.2) is 0 Å². The third-order valence-corrected chi connectivity index (χ3v) is 4.18. The number of methoxy groups -OCH3 is 1. The molecular formula is C20H30O3. The molecule has 0 amide bonds. The van der Waals surface area contributed by atoms with E-state index in [1.165, 1.54) is 51.2 Å². The van der Waals surface area contributed by atoms with E-state index in [-0.39, 0.29) is 11.8 Å². The van der Waals surface area contributed by atoms with Crippen molar-refractivity contribution >= 4 is 11.8 Å². The Hall–Kier alpha value is -1.64. The predicted molar refractivity (Wildman–Crippen MR) is 93.7 cm³/mol. The van der Waals surface area contributed by atoms with E-state index in [0.717, 1.165) is 24.8 Å². The standard InChI is InChI=1S/C20H30O3/c1-17(21)19-15-13-18(14-16-19)11-9-7-5-3-4-6-8-10-12-20(22)23-2/h13-16H,3-12H2,1-2H3. The molecule has 3 heteroatoms. The zero-order valence-corrected chi connectivity index (χ0v) is 14.6. The lowest BCUT2D eigenvalue weighted by Crippen LogP contribution is -1.99. The highest BCUT2D eigenvalue weighted by Crippen LogP contribution is 2.13. The van der Waals surface area contributed by atoms with Crippen LogP contribution >= 0.6 is 0 Å². The fourth-order valence-electron chi connectivity index (χ4n) is 2.67. The van der Waals surface area contributed by atoms with Gasteiger partial charge >= 0.3 is 5.97 Å². The highest BCUT2D eigenvalue weighted by atomic mass is 16.5. The monoisotopic (exact) mass is 318 g/mol. The average Bonchev–Trinajstić information content (AvgIpc) is 2.56. The molecule has 0 aromatic heterocycles. The van der Waals surface area contributed by atoms with Gasteiger partial charge in [0.2, 0.25) is 0 Å². The maximum absolute atomic E-state index is 11.2. The number of unbranched alkanes of at least 4 members (excludes halogenated alkanes) is 7. The molecule has 0 heterocycles. The second kappa shape index (κ2) is 11.9. The van der Waals surface area contributed by atoms with Crippen molar-refractivity contribution in [2.75, 3.05) is 7.11 Å². The third kappa shape index (κ3) is 9.17. The van der Waals surface area contributed by atoms with Crippen molar-refractivity contribution < 1.29 is 14.3 Å². The van der Waals surface area contributed by atoms with Crippen LogP contribution in [0, 0.1) is 0 Å². The minimum Gasteiger partial charge on any atom is -0.469 e. The topological polar surface area (TPSA) is 43.4 Å². The summed E-state index contributed by atoms with van der Waals surface area (Å²) >= 11 is 0. The Balaban J connectivity index is 1.95. The average molecular weight is 318 g/mol. The van der Waals surface area contributed by atoms with Crippen LogP contribution in [0.15, 0.2) is 24.3 Å². The van der Waals surface area contributed by atoms with Crippen LogP contribution in [-0.2, 0) is 16.0 Å². The predicted octanol–water partition coefficient (Wildman–Crippen LogP) is 5.12. The number of rotatable bonds is 12. The molecule has 0 fully saturated rings. The molecule has 128 valence electrons. The Morgan fingerprint density at radius 1 is 0.826 bits per heavy atom. The molecule has 0 saturated heterocycles. The van der Waals surface area contributed by atoms with E-state index in [9.17, 15) is 9.59 Å². The molecule has 23 heavy (non-hydrogen) atoms. The van der Waals surface area contributed by atoms with Crippen molar-refractivity contribution in [1.29, 1.82) is 0 Å². The van der Waals surface area contributed by atoms with Gasteiger partial charge in [0.05, 0.1) is 7.11 Å². The first-order valence-corrected chi connectivity index (χ1v) is 8.80. The number of esters is 1. The zero-order chi connectivity index (χ0) is 16.9. The molecule has 0 aliphatic carbocycles. The van der Waals surface area contributed by atoms with Crippen LogP contribution in [0.2, 0.25) is 0 Å². The van der Waals surface area contributed by atoms with Gasteiger partial charge in [-0.15, -0.1) is 0 Å². The number of benzene rings is 1. The Labute approximate surface area is 140 Å². The van der Waals surface area contributed by atoms with Crippen molar-refractivity contribution in [2.24, 2.45) is 0 Å². The summed E-state index contributed by atoms with van der Waals surface area (Å²) in [5.74, 6) is 0.0319. The molecule has 0 unspecified atom stereocenters. The largest absolute Gasteiger partial charge is 0.469 e. The number of Topliss-reactive ketones (excluding diaryl/α,β-unsaturated/α-hetero) is 1. The number of ketones is 1. The van der Waals surface area contributed by atoms with Crippen molar-refractivity contribution in [3.63, 3.8) is 0 Å². The van der Waals surface area contributed by atoms with Gasteiger partial charge in [0.15, 0.2) is 5.78 Å². The van der Waals surface area contributed by atoms with Crippen LogP contribution in [-0.4, -0.2) is 18.9 Å². The van der Waals surface area contributed by atoms with E-state index >= 15 is 0 Å². The molecule has 0 bridgehead atoms. The van der Waals surface area contributed by atoms with Gasteiger partial charge in [-0.1, -0.05) is 62.8 Å². The van der Waals surface area contributed by atoms with Crippen LogP contribution in [0.25, 0.3) is 0 Å².